The summed E-state index contributed by atoms with van der Waals surface area (Å²) < 4.78 is 154. The molecule has 0 fully saturated rings. The Kier molecular flexibility index (Phi) is 93.7. The van der Waals surface area contributed by atoms with Crippen molar-refractivity contribution in [2.45, 2.75) is 71.1 Å². The minimum Gasteiger partial charge on any atom is -0.394 e. The molecule has 0 aliphatic rings. The Morgan fingerprint density at radius 2 is 0.206 bits per heavy atom. The van der Waals surface area contributed by atoms with Crippen LogP contribution in [0.5, 0.6) is 0 Å². The van der Waals surface area contributed by atoms with E-state index < -0.39 is 0 Å². The molecule has 0 spiro atoms. The Bertz CT molecular complexity index is 1240. The van der Waals surface area contributed by atoms with Crippen LogP contribution in [-0.2, 0) is 133 Å². The first kappa shape index (κ1) is 95.8. The maximum absolute atomic E-state index is 8.62. The summed E-state index contributed by atoms with van der Waals surface area (Å²) in [6.45, 7) is 30.3. The molecule has 0 rings (SSSR count). The lowest BCUT2D eigenvalue weighted by Gasteiger charge is -2.09. The molecular weight excluding hydrogens is 1280 g/mol. The maximum Gasteiger partial charge on any atom is 0.0701 e. The van der Waals surface area contributed by atoms with Gasteiger partial charge in [0.1, 0.15) is 0 Å². The van der Waals surface area contributed by atoms with E-state index in [-0.39, 0.29) is 6.61 Å². The van der Waals surface area contributed by atoms with Crippen LogP contribution in [0.3, 0.4) is 0 Å². The van der Waals surface area contributed by atoms with Crippen molar-refractivity contribution < 1.29 is 138 Å². The number of unbranched alkanes of at least 4 members (excludes halogenated alkanes) is 9. The molecule has 0 radical (unpaired) electrons. The monoisotopic (exact) mass is 1420 g/mol. The predicted octanol–water partition coefficient (Wildman–Crippen LogP) is 4.36. The van der Waals surface area contributed by atoms with Crippen LogP contribution in [0.4, 0.5) is 0 Å². The summed E-state index contributed by atoms with van der Waals surface area (Å²) in [6, 6.07) is 0. The zero-order valence-corrected chi connectivity index (χ0v) is 60.3. The molecule has 0 aliphatic carbocycles. The highest BCUT2D eigenvalue weighted by molar-refractivity contribution is 4.49. The van der Waals surface area contributed by atoms with Crippen molar-refractivity contribution in [3.8, 4) is 0 Å². The average Bonchev–Trinajstić information content (AvgIpc) is 3.61. The number of hydrogen-bond acceptors (Lipinski definition) is 29. The van der Waals surface area contributed by atoms with Gasteiger partial charge in [0.25, 0.3) is 0 Å². The van der Waals surface area contributed by atoms with E-state index in [1.807, 2.05) is 0 Å². The third-order valence-corrected chi connectivity index (χ3v) is 12.9. The van der Waals surface area contributed by atoms with Crippen LogP contribution in [0.15, 0.2) is 0 Å². The van der Waals surface area contributed by atoms with E-state index in [4.69, 9.17) is 138 Å². The van der Waals surface area contributed by atoms with Crippen LogP contribution >= 0.6 is 0 Å². The topological polar surface area (TPSA) is 279 Å². The molecule has 0 saturated carbocycles. The van der Waals surface area contributed by atoms with E-state index in [2.05, 4.69) is 6.92 Å². The third-order valence-electron chi connectivity index (χ3n) is 12.9. The van der Waals surface area contributed by atoms with Gasteiger partial charge < -0.3 is 138 Å². The van der Waals surface area contributed by atoms with Gasteiger partial charge in [0.2, 0.25) is 0 Å². The van der Waals surface area contributed by atoms with Crippen LogP contribution < -0.4 is 0 Å². The van der Waals surface area contributed by atoms with Crippen molar-refractivity contribution in [1.82, 2.24) is 0 Å². The van der Waals surface area contributed by atoms with Crippen molar-refractivity contribution in [2.24, 2.45) is 0 Å². The van der Waals surface area contributed by atoms with Gasteiger partial charge in [0.05, 0.1) is 370 Å². The van der Waals surface area contributed by atoms with Gasteiger partial charge in [-0.2, -0.15) is 0 Å². The second-order valence-electron chi connectivity index (χ2n) is 21.1. The highest BCUT2D eigenvalue weighted by Gasteiger charge is 2.02. The lowest BCUT2D eigenvalue weighted by atomic mass is 10.1. The molecular formula is C68H138O29. The molecule has 584 valence electrons. The van der Waals surface area contributed by atoms with Crippen molar-refractivity contribution in [2.75, 3.05) is 377 Å². The predicted molar refractivity (Wildman–Crippen MR) is 362 cm³/mol. The number of ether oxygens (including phenoxy) is 28. The van der Waals surface area contributed by atoms with Gasteiger partial charge in [0.15, 0.2) is 0 Å². The van der Waals surface area contributed by atoms with Gasteiger partial charge in [-0.05, 0) is 6.42 Å². The fourth-order valence-electron chi connectivity index (χ4n) is 7.80. The van der Waals surface area contributed by atoms with Gasteiger partial charge in [-0.15, -0.1) is 0 Å². The number of aliphatic hydroxyl groups is 1. The van der Waals surface area contributed by atoms with E-state index in [1.54, 1.807) is 0 Å². The van der Waals surface area contributed by atoms with Crippen molar-refractivity contribution >= 4 is 0 Å². The largest absolute Gasteiger partial charge is 0.394 e. The fourth-order valence-corrected chi connectivity index (χ4v) is 7.80. The van der Waals surface area contributed by atoms with Crippen LogP contribution in [-0.4, -0.2) is 382 Å². The van der Waals surface area contributed by atoms with Crippen LogP contribution in [0, 0.1) is 0 Å². The van der Waals surface area contributed by atoms with Gasteiger partial charge in [-0.25, -0.2) is 0 Å². The van der Waals surface area contributed by atoms with Gasteiger partial charge in [-0.1, -0.05) is 64.7 Å². The molecule has 0 saturated heterocycles. The molecule has 0 aromatic carbocycles. The van der Waals surface area contributed by atoms with Crippen LogP contribution in [0.1, 0.15) is 71.1 Å². The maximum atomic E-state index is 8.62. The molecule has 0 atom stereocenters. The molecule has 29 nitrogen and oxygen atoms in total. The second kappa shape index (κ2) is 94.8. The Labute approximate surface area is 583 Å². The first-order chi connectivity index (χ1) is 48.4. The Morgan fingerprint density at radius 1 is 0.113 bits per heavy atom. The molecule has 0 heterocycles. The smallest absolute Gasteiger partial charge is 0.0701 e. The molecule has 0 aliphatic heterocycles. The first-order valence-corrected chi connectivity index (χ1v) is 36.2. The summed E-state index contributed by atoms with van der Waals surface area (Å²) in [5, 5.41) is 8.62. The summed E-state index contributed by atoms with van der Waals surface area (Å²) in [5.74, 6) is 0. The quantitative estimate of drug-likeness (QED) is 0.0828. The molecule has 97 heavy (non-hydrogen) atoms. The zero-order valence-electron chi connectivity index (χ0n) is 60.3. The molecule has 0 amide bonds. The summed E-state index contributed by atoms with van der Waals surface area (Å²) >= 11 is 0. The molecule has 0 bridgehead atoms. The molecule has 29 heteroatoms. The van der Waals surface area contributed by atoms with E-state index in [0.29, 0.717) is 363 Å². The normalized spacial score (nSPS) is 11.8. The summed E-state index contributed by atoms with van der Waals surface area (Å²) in [4.78, 5) is 0. The van der Waals surface area contributed by atoms with E-state index in [0.717, 1.165) is 13.0 Å². The van der Waals surface area contributed by atoms with Gasteiger partial charge in [-0.3, -0.25) is 0 Å². The number of aliphatic hydroxyl groups excluding tert-OH is 1. The van der Waals surface area contributed by atoms with Crippen molar-refractivity contribution in [3.63, 3.8) is 0 Å². The van der Waals surface area contributed by atoms with Crippen LogP contribution in [0.2, 0.25) is 0 Å². The van der Waals surface area contributed by atoms with Crippen LogP contribution in [0.25, 0.3) is 0 Å². The van der Waals surface area contributed by atoms with E-state index in [9.17, 15) is 0 Å². The zero-order chi connectivity index (χ0) is 69.2. The van der Waals surface area contributed by atoms with Crippen molar-refractivity contribution in [1.29, 1.82) is 0 Å². The summed E-state index contributed by atoms with van der Waals surface area (Å²) in [7, 11) is 0. The molecule has 0 unspecified atom stereocenters. The number of rotatable bonds is 94. The molecule has 0 aromatic rings. The Balaban J connectivity index is 3.09. The fraction of sp³-hybridized carbons (Fsp3) is 1.00. The van der Waals surface area contributed by atoms with E-state index in [1.165, 1.54) is 57.8 Å². The summed E-state index contributed by atoms with van der Waals surface area (Å²) in [6.07, 6.45) is 13.3. The van der Waals surface area contributed by atoms with Gasteiger partial charge >= 0.3 is 0 Å². The lowest BCUT2D eigenvalue weighted by Crippen LogP contribution is -2.16. The SMILES string of the molecule is CCCCCCCCCCCCOCCOCCOCCOCCOCCOCCOCCOCCOCCOCCOCCOCCOCCOCCOCCOCCOCCOCCOCCOCCOCCOCCOCCOCCOCCOCCOCCOCCO. The lowest BCUT2D eigenvalue weighted by molar-refractivity contribution is -0.0323. The van der Waals surface area contributed by atoms with E-state index >= 15 is 0 Å². The Morgan fingerprint density at radius 3 is 0.320 bits per heavy atom. The Hall–Kier alpha value is -1.16. The number of hydrogen-bond donors (Lipinski definition) is 1. The second-order valence-corrected chi connectivity index (χ2v) is 21.1. The highest BCUT2D eigenvalue weighted by atomic mass is 16.6. The molecule has 1 N–H and O–H groups in total. The standard InChI is InChI=1S/C68H138O29/c1-2-3-4-5-6-7-8-9-10-11-13-70-15-17-72-19-21-74-23-25-76-27-29-78-31-33-80-35-37-82-39-41-84-43-45-86-47-49-88-51-53-90-55-57-92-59-61-94-63-65-96-67-68-97-66-64-95-62-60-93-58-56-91-54-52-89-50-48-87-46-44-85-42-40-83-38-36-81-34-32-79-30-28-77-26-24-75-22-20-73-18-16-71-14-12-69/h69H,2-68H2,1H3. The van der Waals surface area contributed by atoms with Gasteiger partial charge in [0, 0.05) is 6.61 Å². The average molecular weight is 1420 g/mol. The minimum atomic E-state index is 0.0172. The summed E-state index contributed by atoms with van der Waals surface area (Å²) in [5.41, 5.74) is 0. The van der Waals surface area contributed by atoms with Crippen molar-refractivity contribution in [3.05, 3.63) is 0 Å². The third kappa shape index (κ3) is 94.8. The molecule has 0 aromatic heterocycles. The first-order valence-electron chi connectivity index (χ1n) is 36.2. The minimum absolute atomic E-state index is 0.0172. The highest BCUT2D eigenvalue weighted by Crippen LogP contribution is 2.10.